The molecule has 6 aromatic rings. The predicted molar refractivity (Wildman–Crippen MR) is 145 cm³/mol. The van der Waals surface area contributed by atoms with Crippen molar-refractivity contribution >= 4 is 33.4 Å². The summed E-state index contributed by atoms with van der Waals surface area (Å²) in [6.45, 7) is 3.31. The highest BCUT2D eigenvalue weighted by Gasteiger charge is 2.17. The van der Waals surface area contributed by atoms with Crippen LogP contribution in [0.1, 0.15) is 24.8 Å². The number of nitrogens with one attached hydrogen (secondary N) is 2. The number of aromatic amines is 2. The first-order valence-corrected chi connectivity index (χ1v) is 13.3. The largest absolute Gasteiger partial charge is 0.335 e. The lowest BCUT2D eigenvalue weighted by atomic mass is 10.0. The van der Waals surface area contributed by atoms with Gasteiger partial charge >= 0.3 is 0 Å². The van der Waals surface area contributed by atoms with Gasteiger partial charge < -0.3 is 4.98 Å². The summed E-state index contributed by atoms with van der Waals surface area (Å²) in [5.41, 5.74) is 9.12. The Hall–Kier alpha value is -3.88. The average Bonchev–Trinajstić information content (AvgIpc) is 3.68. The van der Waals surface area contributed by atoms with Crippen LogP contribution in [0.15, 0.2) is 65.7 Å². The highest BCUT2D eigenvalue weighted by molar-refractivity contribution is 7.08. The summed E-state index contributed by atoms with van der Waals surface area (Å²) in [5, 5.41) is 13.0. The topological polar surface area (TPSA) is 86.4 Å². The Morgan fingerprint density at radius 1 is 0.944 bits per heavy atom. The second-order valence-electron chi connectivity index (χ2n) is 9.41. The standard InChI is InChI=1S/C28H25N7S/c1-2-9-35(10-3-1)16-18-12-21(15-29-14-18)19-4-5-24-23(13-19)26(34-33-24)28-31-25-22(20-7-11-36-17-20)6-8-30-27(25)32-28/h4-8,11-15,17H,1-3,9-10,16H2,(H,33,34)(H,30,31,32). The summed E-state index contributed by atoms with van der Waals surface area (Å²) >= 11 is 1.68. The van der Waals surface area contributed by atoms with E-state index in [1.165, 1.54) is 37.9 Å². The van der Waals surface area contributed by atoms with Crippen LogP contribution in [0.5, 0.6) is 0 Å². The van der Waals surface area contributed by atoms with Crippen molar-refractivity contribution in [3.63, 3.8) is 0 Å². The minimum atomic E-state index is 0.690. The number of H-pyrrole nitrogens is 2. The van der Waals surface area contributed by atoms with Crippen LogP contribution in [0, 0.1) is 0 Å². The van der Waals surface area contributed by atoms with Crippen LogP contribution in [0.3, 0.4) is 0 Å². The molecule has 0 unspecified atom stereocenters. The third-order valence-electron chi connectivity index (χ3n) is 6.99. The van der Waals surface area contributed by atoms with Crippen LogP contribution in [-0.2, 0) is 6.54 Å². The molecular weight excluding hydrogens is 466 g/mol. The summed E-state index contributed by atoms with van der Waals surface area (Å²) in [7, 11) is 0. The van der Waals surface area contributed by atoms with Crippen molar-refractivity contribution < 1.29 is 0 Å². The number of pyridine rings is 2. The molecule has 1 aromatic carbocycles. The minimum Gasteiger partial charge on any atom is -0.335 e. The fourth-order valence-corrected chi connectivity index (χ4v) is 5.82. The number of aromatic nitrogens is 6. The zero-order chi connectivity index (χ0) is 23.9. The number of hydrogen-bond donors (Lipinski definition) is 2. The normalized spacial score (nSPS) is 14.7. The Bertz CT molecular complexity index is 1660. The molecule has 1 saturated heterocycles. The van der Waals surface area contributed by atoms with Gasteiger partial charge in [-0.25, -0.2) is 9.97 Å². The molecule has 0 amide bonds. The molecule has 1 aliphatic heterocycles. The van der Waals surface area contributed by atoms with Crippen LogP contribution in [0.2, 0.25) is 0 Å². The highest BCUT2D eigenvalue weighted by Crippen LogP contribution is 2.33. The van der Waals surface area contributed by atoms with Crippen molar-refractivity contribution in [2.24, 2.45) is 0 Å². The van der Waals surface area contributed by atoms with E-state index >= 15 is 0 Å². The van der Waals surface area contributed by atoms with E-state index in [1.54, 1.807) is 11.3 Å². The van der Waals surface area contributed by atoms with E-state index in [0.29, 0.717) is 11.5 Å². The van der Waals surface area contributed by atoms with Crippen LogP contribution in [0.25, 0.3) is 55.8 Å². The van der Waals surface area contributed by atoms with Gasteiger partial charge in [0.15, 0.2) is 11.5 Å². The number of hydrogen-bond acceptors (Lipinski definition) is 6. The van der Waals surface area contributed by atoms with Gasteiger partial charge in [-0.2, -0.15) is 16.4 Å². The van der Waals surface area contributed by atoms with Crippen LogP contribution < -0.4 is 0 Å². The Morgan fingerprint density at radius 2 is 1.89 bits per heavy atom. The molecule has 6 heterocycles. The van der Waals surface area contributed by atoms with Crippen LogP contribution >= 0.6 is 11.3 Å². The smallest absolute Gasteiger partial charge is 0.178 e. The first-order chi connectivity index (χ1) is 17.8. The maximum Gasteiger partial charge on any atom is 0.178 e. The van der Waals surface area contributed by atoms with Crippen LogP contribution in [0.4, 0.5) is 0 Å². The maximum atomic E-state index is 4.79. The van der Waals surface area contributed by atoms with Gasteiger partial charge in [-0.15, -0.1) is 0 Å². The molecule has 0 radical (unpaired) electrons. The van der Waals surface area contributed by atoms with Gasteiger partial charge in [-0.1, -0.05) is 12.5 Å². The molecule has 2 N–H and O–H groups in total. The Morgan fingerprint density at radius 3 is 2.78 bits per heavy atom. The fraction of sp³-hybridized carbons (Fsp3) is 0.214. The SMILES string of the molecule is c1cc(-c2ccsc2)c2[nH]c(-c3n[nH]c4ccc(-c5cncc(CN6CCCCC6)c5)cc34)nc2n1. The second-order valence-corrected chi connectivity index (χ2v) is 10.2. The molecule has 178 valence electrons. The highest BCUT2D eigenvalue weighted by atomic mass is 32.1. The van der Waals surface area contributed by atoms with Crippen molar-refractivity contribution in [1.82, 2.24) is 35.0 Å². The predicted octanol–water partition coefficient (Wildman–Crippen LogP) is 6.28. The maximum absolute atomic E-state index is 4.79. The third-order valence-corrected chi connectivity index (χ3v) is 7.68. The van der Waals surface area contributed by atoms with Gasteiger partial charge in [-0.05, 0) is 83.7 Å². The minimum absolute atomic E-state index is 0.690. The molecule has 7 nitrogen and oxygen atoms in total. The first-order valence-electron chi connectivity index (χ1n) is 12.3. The number of imidazole rings is 1. The van der Waals surface area contributed by atoms with E-state index in [9.17, 15) is 0 Å². The molecule has 0 spiro atoms. The first kappa shape index (κ1) is 21.4. The number of benzene rings is 1. The lowest BCUT2D eigenvalue weighted by Gasteiger charge is -2.26. The number of piperidine rings is 1. The summed E-state index contributed by atoms with van der Waals surface area (Å²) in [5.74, 6) is 0.709. The molecular formula is C28H25N7S. The van der Waals surface area contributed by atoms with E-state index in [0.717, 1.165) is 50.9 Å². The number of fused-ring (bicyclic) bond motifs is 2. The molecule has 5 aromatic heterocycles. The van der Waals surface area contributed by atoms with E-state index in [2.05, 4.69) is 71.1 Å². The van der Waals surface area contributed by atoms with Crippen molar-refractivity contribution in [1.29, 1.82) is 0 Å². The Labute approximate surface area is 212 Å². The lowest BCUT2D eigenvalue weighted by Crippen LogP contribution is -2.29. The van der Waals surface area contributed by atoms with Crippen molar-refractivity contribution in [2.45, 2.75) is 25.8 Å². The summed E-state index contributed by atoms with van der Waals surface area (Å²) in [6, 6.07) is 12.8. The molecule has 0 saturated carbocycles. The molecule has 8 heteroatoms. The van der Waals surface area contributed by atoms with Crippen LogP contribution in [-0.4, -0.2) is 48.1 Å². The van der Waals surface area contributed by atoms with Crippen molar-refractivity contribution in [3.8, 4) is 33.8 Å². The molecule has 0 atom stereocenters. The molecule has 36 heavy (non-hydrogen) atoms. The molecule has 1 fully saturated rings. The lowest BCUT2D eigenvalue weighted by molar-refractivity contribution is 0.220. The third kappa shape index (κ3) is 3.88. The zero-order valence-electron chi connectivity index (χ0n) is 19.7. The van der Waals surface area contributed by atoms with E-state index in [1.807, 2.05) is 24.7 Å². The molecule has 1 aliphatic rings. The van der Waals surface area contributed by atoms with Gasteiger partial charge in [0.2, 0.25) is 0 Å². The fourth-order valence-electron chi connectivity index (χ4n) is 5.16. The van der Waals surface area contributed by atoms with Gasteiger partial charge in [0, 0.05) is 41.6 Å². The van der Waals surface area contributed by atoms with Gasteiger partial charge in [0.1, 0.15) is 5.69 Å². The monoisotopic (exact) mass is 491 g/mol. The number of likely N-dealkylation sites (tertiary alicyclic amines) is 1. The Balaban J connectivity index is 1.26. The quantitative estimate of drug-likeness (QED) is 0.296. The zero-order valence-corrected chi connectivity index (χ0v) is 20.6. The van der Waals surface area contributed by atoms with Gasteiger partial charge in [0.25, 0.3) is 0 Å². The van der Waals surface area contributed by atoms with E-state index in [-0.39, 0.29) is 0 Å². The van der Waals surface area contributed by atoms with E-state index < -0.39 is 0 Å². The number of thiophene rings is 1. The molecule has 7 rings (SSSR count). The molecule has 0 bridgehead atoms. The van der Waals surface area contributed by atoms with Crippen molar-refractivity contribution in [3.05, 3.63) is 71.3 Å². The summed E-state index contributed by atoms with van der Waals surface area (Å²) in [6.07, 6.45) is 9.67. The molecule has 0 aliphatic carbocycles. The summed E-state index contributed by atoms with van der Waals surface area (Å²) < 4.78 is 0. The van der Waals surface area contributed by atoms with Gasteiger partial charge in [-0.3, -0.25) is 15.0 Å². The summed E-state index contributed by atoms with van der Waals surface area (Å²) in [4.78, 5) is 19.9. The number of nitrogens with zero attached hydrogens (tertiary/aromatic N) is 5. The van der Waals surface area contributed by atoms with Gasteiger partial charge in [0.05, 0.1) is 11.0 Å². The number of rotatable bonds is 5. The average molecular weight is 492 g/mol. The second kappa shape index (κ2) is 8.96. The van der Waals surface area contributed by atoms with E-state index in [4.69, 9.17) is 4.98 Å². The Kier molecular flexibility index (Phi) is 5.33. The van der Waals surface area contributed by atoms with Crippen molar-refractivity contribution in [2.75, 3.05) is 13.1 Å².